The van der Waals surface area contributed by atoms with Crippen LogP contribution in [0.25, 0.3) is 0 Å². The molecule has 0 aliphatic carbocycles. The van der Waals surface area contributed by atoms with Gasteiger partial charge in [0.05, 0.1) is 0 Å². The van der Waals surface area contributed by atoms with Gasteiger partial charge in [-0.05, 0) is 55.7 Å². The van der Waals surface area contributed by atoms with E-state index in [2.05, 4.69) is 28.2 Å². The van der Waals surface area contributed by atoms with Gasteiger partial charge in [-0.15, -0.1) is 11.3 Å². The van der Waals surface area contributed by atoms with Crippen LogP contribution in [0.4, 0.5) is 5.69 Å². The lowest BCUT2D eigenvalue weighted by molar-refractivity contribution is -0.119. The van der Waals surface area contributed by atoms with E-state index < -0.39 is 5.97 Å². The van der Waals surface area contributed by atoms with Gasteiger partial charge in [0.1, 0.15) is 4.88 Å². The molecule has 1 aromatic heterocycles. The molecule has 0 bridgehead atoms. The van der Waals surface area contributed by atoms with Crippen LogP contribution in [0, 0.1) is 13.8 Å². The van der Waals surface area contributed by atoms with E-state index in [0.29, 0.717) is 10.6 Å². The molecule has 1 amide bonds. The fourth-order valence-corrected chi connectivity index (χ4v) is 3.47. The van der Waals surface area contributed by atoms with E-state index in [1.165, 1.54) is 16.9 Å². The quantitative estimate of drug-likeness (QED) is 0.691. The van der Waals surface area contributed by atoms with Crippen molar-refractivity contribution in [1.29, 1.82) is 0 Å². The molecule has 0 radical (unpaired) electrons. The molecule has 0 aliphatic rings. The molecule has 1 N–H and O–H groups in total. The summed E-state index contributed by atoms with van der Waals surface area (Å²) in [5, 5.41) is 2.72. The SMILES string of the molecule is CCCc1cc(C(=O)OCC(=O)Nc2ccc(Br)c(C)c2)sc1C. The van der Waals surface area contributed by atoms with Crippen molar-refractivity contribution in [1.82, 2.24) is 0 Å². The summed E-state index contributed by atoms with van der Waals surface area (Å²) in [5.41, 5.74) is 2.86. The standard InChI is InChI=1S/C18H20BrNO3S/c1-4-5-13-9-16(24-12(13)3)18(22)23-10-17(21)20-14-6-7-15(19)11(2)8-14/h6-9H,4-5,10H2,1-3H3,(H,20,21). The summed E-state index contributed by atoms with van der Waals surface area (Å²) in [6.45, 7) is 5.74. The topological polar surface area (TPSA) is 55.4 Å². The third kappa shape index (κ3) is 4.92. The van der Waals surface area contributed by atoms with Crippen LogP contribution in [0.3, 0.4) is 0 Å². The first kappa shape index (κ1) is 18.7. The van der Waals surface area contributed by atoms with Gasteiger partial charge >= 0.3 is 5.97 Å². The number of hydrogen-bond donors (Lipinski definition) is 1. The first-order chi connectivity index (χ1) is 11.4. The summed E-state index contributed by atoms with van der Waals surface area (Å²) >= 11 is 4.82. The van der Waals surface area contributed by atoms with Crippen molar-refractivity contribution in [2.75, 3.05) is 11.9 Å². The lowest BCUT2D eigenvalue weighted by Crippen LogP contribution is -2.20. The van der Waals surface area contributed by atoms with Gasteiger partial charge in [-0.2, -0.15) is 0 Å². The minimum atomic E-state index is -0.451. The van der Waals surface area contributed by atoms with Crippen LogP contribution in [0.2, 0.25) is 0 Å². The lowest BCUT2D eigenvalue weighted by Gasteiger charge is -2.07. The number of halogens is 1. The van der Waals surface area contributed by atoms with E-state index in [-0.39, 0.29) is 12.5 Å². The maximum absolute atomic E-state index is 12.1. The molecule has 1 aromatic carbocycles. The molecule has 1 heterocycles. The monoisotopic (exact) mass is 409 g/mol. The summed E-state index contributed by atoms with van der Waals surface area (Å²) in [4.78, 5) is 25.7. The molecule has 0 atom stereocenters. The van der Waals surface area contributed by atoms with Crippen molar-refractivity contribution in [2.24, 2.45) is 0 Å². The number of rotatable bonds is 6. The van der Waals surface area contributed by atoms with Gasteiger partial charge in [0, 0.05) is 15.0 Å². The number of hydrogen-bond acceptors (Lipinski definition) is 4. The zero-order chi connectivity index (χ0) is 17.7. The molecule has 0 aliphatic heterocycles. The van der Waals surface area contributed by atoms with Crippen LogP contribution >= 0.6 is 27.3 Å². The summed E-state index contributed by atoms with van der Waals surface area (Å²) in [6, 6.07) is 7.36. The summed E-state index contributed by atoms with van der Waals surface area (Å²) in [6.07, 6.45) is 1.97. The first-order valence-corrected chi connectivity index (χ1v) is 9.34. The van der Waals surface area contributed by atoms with Crippen molar-refractivity contribution < 1.29 is 14.3 Å². The number of carbonyl (C=O) groups is 2. The van der Waals surface area contributed by atoms with Gasteiger partial charge in [0.15, 0.2) is 6.61 Å². The maximum atomic E-state index is 12.1. The fourth-order valence-electron chi connectivity index (χ4n) is 2.26. The van der Waals surface area contributed by atoms with Crippen molar-refractivity contribution >= 4 is 44.8 Å². The zero-order valence-corrected chi connectivity index (χ0v) is 16.3. The highest BCUT2D eigenvalue weighted by Crippen LogP contribution is 2.23. The number of benzene rings is 1. The number of amides is 1. The predicted octanol–water partition coefficient (Wildman–Crippen LogP) is 4.88. The fraction of sp³-hybridized carbons (Fsp3) is 0.333. The summed E-state index contributed by atoms with van der Waals surface area (Å²) in [7, 11) is 0. The van der Waals surface area contributed by atoms with Gasteiger partial charge in [-0.1, -0.05) is 29.3 Å². The van der Waals surface area contributed by atoms with Gasteiger partial charge in [-0.3, -0.25) is 4.79 Å². The van der Waals surface area contributed by atoms with E-state index in [1.54, 1.807) is 6.07 Å². The number of carbonyl (C=O) groups excluding carboxylic acids is 2. The van der Waals surface area contributed by atoms with E-state index >= 15 is 0 Å². The Morgan fingerprint density at radius 2 is 2.00 bits per heavy atom. The average molecular weight is 410 g/mol. The molecule has 0 spiro atoms. The first-order valence-electron chi connectivity index (χ1n) is 7.73. The third-order valence-corrected chi connectivity index (χ3v) is 5.48. The molecule has 0 unspecified atom stereocenters. The Hall–Kier alpha value is -1.66. The lowest BCUT2D eigenvalue weighted by atomic mass is 10.1. The molecule has 2 aromatic rings. The normalized spacial score (nSPS) is 10.5. The van der Waals surface area contributed by atoms with E-state index in [4.69, 9.17) is 4.74 Å². The second-order valence-corrected chi connectivity index (χ2v) is 7.64. The Bertz CT molecular complexity index is 755. The van der Waals surface area contributed by atoms with Crippen LogP contribution in [0.15, 0.2) is 28.7 Å². The predicted molar refractivity (Wildman–Crippen MR) is 101 cm³/mol. The second kappa shape index (κ2) is 8.44. The molecule has 0 saturated carbocycles. The van der Waals surface area contributed by atoms with Gasteiger partial charge in [-0.25, -0.2) is 4.79 Å². The highest BCUT2D eigenvalue weighted by atomic mass is 79.9. The number of esters is 1. The van der Waals surface area contributed by atoms with Crippen LogP contribution in [-0.4, -0.2) is 18.5 Å². The van der Waals surface area contributed by atoms with E-state index in [9.17, 15) is 9.59 Å². The van der Waals surface area contributed by atoms with Crippen LogP contribution in [-0.2, 0) is 16.0 Å². The average Bonchev–Trinajstić information content (AvgIpc) is 2.90. The number of anilines is 1. The maximum Gasteiger partial charge on any atom is 0.348 e. The Labute approximate surface area is 154 Å². The molecule has 0 saturated heterocycles. The highest BCUT2D eigenvalue weighted by Gasteiger charge is 2.15. The number of ether oxygens (including phenoxy) is 1. The third-order valence-electron chi connectivity index (χ3n) is 3.52. The van der Waals surface area contributed by atoms with Gasteiger partial charge in [0.2, 0.25) is 0 Å². The molecule has 0 fully saturated rings. The van der Waals surface area contributed by atoms with Crippen LogP contribution in [0.1, 0.15) is 39.0 Å². The Morgan fingerprint density at radius 3 is 2.67 bits per heavy atom. The minimum Gasteiger partial charge on any atom is -0.451 e. The van der Waals surface area contributed by atoms with Crippen molar-refractivity contribution in [3.8, 4) is 0 Å². The van der Waals surface area contributed by atoms with Crippen molar-refractivity contribution in [2.45, 2.75) is 33.6 Å². The number of thiophene rings is 1. The Balaban J connectivity index is 1.90. The second-order valence-electron chi connectivity index (χ2n) is 5.53. The largest absolute Gasteiger partial charge is 0.451 e. The van der Waals surface area contributed by atoms with Gasteiger partial charge < -0.3 is 10.1 Å². The molecular formula is C18H20BrNO3S. The molecular weight excluding hydrogens is 390 g/mol. The highest BCUT2D eigenvalue weighted by molar-refractivity contribution is 9.10. The van der Waals surface area contributed by atoms with E-state index in [0.717, 1.165) is 27.8 Å². The molecule has 128 valence electrons. The van der Waals surface area contributed by atoms with Crippen molar-refractivity contribution in [3.63, 3.8) is 0 Å². The smallest absolute Gasteiger partial charge is 0.348 e. The number of nitrogens with one attached hydrogen (secondary N) is 1. The van der Waals surface area contributed by atoms with E-state index in [1.807, 2.05) is 32.0 Å². The molecule has 4 nitrogen and oxygen atoms in total. The Kier molecular flexibility index (Phi) is 6.57. The van der Waals surface area contributed by atoms with Crippen LogP contribution < -0.4 is 5.32 Å². The Morgan fingerprint density at radius 1 is 1.25 bits per heavy atom. The molecule has 6 heteroatoms. The number of aryl methyl sites for hydroxylation is 3. The zero-order valence-electron chi connectivity index (χ0n) is 13.9. The molecule has 2 rings (SSSR count). The summed E-state index contributed by atoms with van der Waals surface area (Å²) < 4.78 is 6.09. The van der Waals surface area contributed by atoms with Crippen LogP contribution in [0.5, 0.6) is 0 Å². The minimum absolute atomic E-state index is 0.298. The van der Waals surface area contributed by atoms with Crippen molar-refractivity contribution in [3.05, 3.63) is 49.6 Å². The molecule has 24 heavy (non-hydrogen) atoms. The summed E-state index contributed by atoms with van der Waals surface area (Å²) in [5.74, 6) is -0.806. The van der Waals surface area contributed by atoms with Gasteiger partial charge in [0.25, 0.3) is 5.91 Å².